The predicted molar refractivity (Wildman–Crippen MR) is 51.6 cm³/mol. The van der Waals surface area contributed by atoms with Crippen LogP contribution in [-0.4, -0.2) is 68.9 Å². The van der Waals surface area contributed by atoms with Gasteiger partial charge in [0.25, 0.3) is 0 Å². The van der Waals surface area contributed by atoms with Crippen LogP contribution in [0.15, 0.2) is 0 Å². The molecule has 8 nitrogen and oxygen atoms in total. The number of rotatable bonds is 0. The van der Waals surface area contributed by atoms with Crippen LogP contribution in [0.5, 0.6) is 0 Å². The summed E-state index contributed by atoms with van der Waals surface area (Å²) in [5, 5.41) is -11.5. The Morgan fingerprint density at radius 2 is 0.464 bits per heavy atom. The molecule has 0 radical (unpaired) electrons. The summed E-state index contributed by atoms with van der Waals surface area (Å²) in [4.78, 5) is 45.2. The zero-order chi connectivity index (χ0) is 22.6. The molecule has 0 saturated carbocycles. The Morgan fingerprint density at radius 3 is 0.536 bits per heavy atom. The molecular formula is C8F12N4O4. The summed E-state index contributed by atoms with van der Waals surface area (Å²) < 4.78 is 153. The summed E-state index contributed by atoms with van der Waals surface area (Å²) in [6.45, 7) is 0. The summed E-state index contributed by atoms with van der Waals surface area (Å²) in [5.41, 5.74) is 0. The molecule has 0 aromatic rings. The first kappa shape index (κ1) is 23.1. The van der Waals surface area contributed by atoms with E-state index in [-0.39, 0.29) is 0 Å². The van der Waals surface area contributed by atoms with Crippen molar-refractivity contribution in [1.29, 1.82) is 0 Å². The minimum absolute atomic E-state index is 2.87. The second kappa shape index (κ2) is 6.29. The molecule has 0 aliphatic carbocycles. The number of hydrazine groups is 2. The average molecular weight is 444 g/mol. The van der Waals surface area contributed by atoms with Gasteiger partial charge in [-0.2, -0.15) is 0 Å². The van der Waals surface area contributed by atoms with E-state index < -0.39 is 68.9 Å². The molecule has 1 fully saturated rings. The molecule has 1 aliphatic heterocycles. The highest BCUT2D eigenvalue weighted by molar-refractivity contribution is 6.40. The number of carbonyl (C=O) groups is 4. The van der Waals surface area contributed by atoms with Gasteiger partial charge in [0.05, 0.1) is 0 Å². The molecule has 1 heterocycles. The van der Waals surface area contributed by atoms with E-state index in [4.69, 9.17) is 0 Å². The van der Waals surface area contributed by atoms with E-state index >= 15 is 0 Å². The van der Waals surface area contributed by atoms with Gasteiger partial charge in [0.1, 0.15) is 0 Å². The van der Waals surface area contributed by atoms with Crippen molar-refractivity contribution >= 4 is 23.6 Å². The molecule has 1 saturated heterocycles. The Kier molecular flexibility index (Phi) is 5.19. The van der Waals surface area contributed by atoms with Crippen LogP contribution < -0.4 is 0 Å². The molecule has 0 aromatic heterocycles. The van der Waals surface area contributed by atoms with E-state index in [1.807, 2.05) is 0 Å². The van der Waals surface area contributed by atoms with Gasteiger partial charge in [0, 0.05) is 0 Å². The average Bonchev–Trinajstić information content (AvgIpc) is 2.41. The van der Waals surface area contributed by atoms with Gasteiger partial charge in [-0.1, -0.05) is 0 Å². The molecule has 0 atom stereocenters. The Bertz CT molecular complexity index is 586. The first-order valence-corrected chi connectivity index (χ1v) is 5.77. The smallest absolute Gasteiger partial charge is 0.261 e. The zero-order valence-corrected chi connectivity index (χ0v) is 12.0. The summed E-state index contributed by atoms with van der Waals surface area (Å²) >= 11 is 0. The van der Waals surface area contributed by atoms with Gasteiger partial charge in [0.15, 0.2) is 0 Å². The minimum atomic E-state index is -6.77. The molecule has 0 unspecified atom stereocenters. The number of halogens is 12. The highest BCUT2D eigenvalue weighted by atomic mass is 19.4. The Balaban J connectivity index is 3.92. The first-order chi connectivity index (χ1) is 12.1. The van der Waals surface area contributed by atoms with E-state index in [0.717, 1.165) is 0 Å². The van der Waals surface area contributed by atoms with Crippen LogP contribution in [-0.2, 0) is 19.2 Å². The Hall–Kier alpha value is -2.96. The molecule has 20 heteroatoms. The molecule has 0 spiro atoms. The maximum Gasteiger partial charge on any atom is 0.506 e. The van der Waals surface area contributed by atoms with Crippen molar-refractivity contribution in [1.82, 2.24) is 20.0 Å². The summed E-state index contributed by atoms with van der Waals surface area (Å²) in [6, 6.07) is 0. The summed E-state index contributed by atoms with van der Waals surface area (Å²) in [5.74, 6) is -15.7. The molecule has 1 rings (SSSR count). The van der Waals surface area contributed by atoms with E-state index in [1.54, 1.807) is 0 Å². The van der Waals surface area contributed by atoms with E-state index in [2.05, 4.69) is 0 Å². The fourth-order valence-electron chi connectivity index (χ4n) is 1.64. The first-order valence-electron chi connectivity index (χ1n) is 5.77. The Morgan fingerprint density at radius 1 is 0.357 bits per heavy atom. The normalized spacial score (nSPS) is 18.7. The molecule has 4 amide bonds. The Labute approximate surface area is 142 Å². The fraction of sp³-hybridized carbons (Fsp3) is 0.500. The number of alkyl halides is 12. The standard InChI is InChI=1S/C8F12N4O4/c9-5(10,11)21-1(25)2(26)22(6(12,13)14)24(8(18,19)20)4(28)3(27)23(21)7(15,16)17. The van der Waals surface area contributed by atoms with Gasteiger partial charge < -0.3 is 0 Å². The lowest BCUT2D eigenvalue weighted by molar-refractivity contribution is -0.385. The van der Waals surface area contributed by atoms with Crippen LogP contribution >= 0.6 is 0 Å². The fourth-order valence-corrected chi connectivity index (χ4v) is 1.64. The molecule has 1 aliphatic rings. The molecule has 0 N–H and O–H groups in total. The summed E-state index contributed by atoms with van der Waals surface area (Å²) in [7, 11) is 0. The number of hydrogen-bond donors (Lipinski definition) is 0. The van der Waals surface area contributed by atoms with Gasteiger partial charge in [-0.05, 0) is 0 Å². The quantitative estimate of drug-likeness (QED) is 0.320. The van der Waals surface area contributed by atoms with Gasteiger partial charge in [-0.15, -0.1) is 72.7 Å². The van der Waals surface area contributed by atoms with Crippen LogP contribution in [0.1, 0.15) is 0 Å². The zero-order valence-electron chi connectivity index (χ0n) is 12.0. The highest BCUT2D eigenvalue weighted by Crippen LogP contribution is 2.38. The van der Waals surface area contributed by atoms with Crippen LogP contribution in [0.3, 0.4) is 0 Å². The summed E-state index contributed by atoms with van der Waals surface area (Å²) in [6.07, 6.45) is -27.1. The second-order valence-electron chi connectivity index (χ2n) is 4.34. The van der Waals surface area contributed by atoms with E-state index in [1.165, 1.54) is 0 Å². The third kappa shape index (κ3) is 3.98. The lowest BCUT2D eigenvalue weighted by atomic mass is 10.4. The van der Waals surface area contributed by atoms with Crippen molar-refractivity contribution in [2.45, 2.75) is 25.2 Å². The van der Waals surface area contributed by atoms with Crippen LogP contribution in [0.2, 0.25) is 0 Å². The number of carbonyl (C=O) groups excluding carboxylic acids is 4. The largest absolute Gasteiger partial charge is 0.506 e. The highest BCUT2D eigenvalue weighted by Gasteiger charge is 2.68. The number of amides is 4. The molecule has 160 valence electrons. The van der Waals surface area contributed by atoms with Gasteiger partial charge in [0.2, 0.25) is 0 Å². The van der Waals surface area contributed by atoms with Crippen molar-refractivity contribution in [3.05, 3.63) is 0 Å². The van der Waals surface area contributed by atoms with E-state index in [9.17, 15) is 71.9 Å². The lowest BCUT2D eigenvalue weighted by Gasteiger charge is -2.42. The number of hydrogen-bond acceptors (Lipinski definition) is 4. The molecule has 0 aromatic carbocycles. The lowest BCUT2D eigenvalue weighted by Crippen LogP contribution is -2.74. The van der Waals surface area contributed by atoms with Crippen molar-refractivity contribution in [3.63, 3.8) is 0 Å². The topological polar surface area (TPSA) is 81.2 Å². The van der Waals surface area contributed by atoms with Crippen molar-refractivity contribution in [2.75, 3.05) is 0 Å². The van der Waals surface area contributed by atoms with Crippen molar-refractivity contribution in [3.8, 4) is 0 Å². The second-order valence-corrected chi connectivity index (χ2v) is 4.34. The van der Waals surface area contributed by atoms with Gasteiger partial charge in [-0.25, -0.2) is 0 Å². The van der Waals surface area contributed by atoms with Gasteiger partial charge >= 0.3 is 48.8 Å². The van der Waals surface area contributed by atoms with E-state index in [0.29, 0.717) is 0 Å². The maximum atomic E-state index is 12.7. The van der Waals surface area contributed by atoms with Crippen molar-refractivity contribution in [2.24, 2.45) is 0 Å². The third-order valence-corrected chi connectivity index (χ3v) is 2.50. The maximum absolute atomic E-state index is 12.7. The van der Waals surface area contributed by atoms with Gasteiger partial charge in [-0.3, -0.25) is 19.2 Å². The minimum Gasteiger partial charge on any atom is -0.261 e. The van der Waals surface area contributed by atoms with Crippen molar-refractivity contribution < 1.29 is 71.9 Å². The monoisotopic (exact) mass is 444 g/mol. The van der Waals surface area contributed by atoms with Crippen LogP contribution in [0.4, 0.5) is 52.7 Å². The van der Waals surface area contributed by atoms with Crippen LogP contribution in [0, 0.1) is 0 Å². The SMILES string of the molecule is O=C1C(=O)N(C(F)(F)F)N(C(F)(F)F)C(=O)C(=O)N(C(F)(F)F)N1C(F)(F)F. The van der Waals surface area contributed by atoms with Crippen LogP contribution in [0.25, 0.3) is 0 Å². The molecule has 28 heavy (non-hydrogen) atoms. The number of nitrogens with zero attached hydrogens (tertiary/aromatic N) is 4. The molecular weight excluding hydrogens is 444 g/mol. The predicted octanol–water partition coefficient (Wildman–Crippen LogP) is 1.22. The third-order valence-electron chi connectivity index (χ3n) is 2.50. The molecule has 0 bridgehead atoms.